The maximum Gasteiger partial charge on any atom is 0.168 e. The van der Waals surface area contributed by atoms with E-state index < -0.39 is 17.4 Å². The lowest BCUT2D eigenvalue weighted by Gasteiger charge is -2.03. The van der Waals surface area contributed by atoms with Crippen LogP contribution in [0, 0.1) is 11.6 Å². The molecular weight excluding hydrogens is 214 g/mol. The molecule has 1 aromatic carbocycles. The Morgan fingerprint density at radius 3 is 2.75 bits per heavy atom. The number of halogens is 2. The average molecular weight is 228 g/mol. The highest BCUT2D eigenvalue weighted by Crippen LogP contribution is 2.11. The van der Waals surface area contributed by atoms with Crippen LogP contribution in [0.15, 0.2) is 18.2 Å². The molecule has 0 N–H and O–H groups in total. The van der Waals surface area contributed by atoms with Crippen LogP contribution in [0.2, 0.25) is 0 Å². The predicted octanol–water partition coefficient (Wildman–Crippen LogP) is 2.96. The van der Waals surface area contributed by atoms with E-state index in [1.54, 1.807) is 0 Å². The second-order valence-electron chi connectivity index (χ2n) is 3.41. The van der Waals surface area contributed by atoms with Gasteiger partial charge in [0.2, 0.25) is 0 Å². The number of carbonyl (C=O) groups excluding carboxylic acids is 1. The fraction of sp³-hybridized carbons (Fsp3) is 0.417. The summed E-state index contributed by atoms with van der Waals surface area (Å²) in [7, 11) is 0. The highest BCUT2D eigenvalue weighted by molar-refractivity contribution is 5.96. The van der Waals surface area contributed by atoms with Crippen LogP contribution < -0.4 is 0 Å². The summed E-state index contributed by atoms with van der Waals surface area (Å²) in [6, 6.07) is 2.85. The Bertz CT molecular complexity index is 364. The van der Waals surface area contributed by atoms with E-state index in [4.69, 9.17) is 4.74 Å². The number of rotatable bonds is 6. The van der Waals surface area contributed by atoms with E-state index in [-0.39, 0.29) is 18.6 Å². The molecule has 0 amide bonds. The van der Waals surface area contributed by atoms with Crippen LogP contribution in [-0.4, -0.2) is 19.0 Å². The molecule has 1 rings (SSSR count). The average Bonchev–Trinajstić information content (AvgIpc) is 2.27. The first kappa shape index (κ1) is 12.8. The normalized spacial score (nSPS) is 10.4. The van der Waals surface area contributed by atoms with Gasteiger partial charge in [-0.05, 0) is 24.6 Å². The topological polar surface area (TPSA) is 26.3 Å². The fourth-order valence-corrected chi connectivity index (χ4v) is 1.26. The molecule has 0 atom stereocenters. The molecule has 0 aromatic heterocycles. The first-order valence-electron chi connectivity index (χ1n) is 5.21. The summed E-state index contributed by atoms with van der Waals surface area (Å²) in [5.74, 6) is -1.74. The Hall–Kier alpha value is -1.29. The van der Waals surface area contributed by atoms with Crippen LogP contribution in [0.1, 0.15) is 30.1 Å². The van der Waals surface area contributed by atoms with Crippen LogP contribution in [0.25, 0.3) is 0 Å². The van der Waals surface area contributed by atoms with Crippen molar-refractivity contribution in [3.05, 3.63) is 35.4 Å². The van der Waals surface area contributed by atoms with Gasteiger partial charge in [0.15, 0.2) is 5.78 Å². The van der Waals surface area contributed by atoms with Gasteiger partial charge in [0.05, 0.1) is 12.2 Å². The van der Waals surface area contributed by atoms with Crippen molar-refractivity contribution >= 4 is 5.78 Å². The number of ether oxygens (including phenoxy) is 1. The Kier molecular flexibility index (Phi) is 5.05. The zero-order valence-electron chi connectivity index (χ0n) is 9.13. The van der Waals surface area contributed by atoms with Gasteiger partial charge in [-0.3, -0.25) is 4.79 Å². The van der Waals surface area contributed by atoms with E-state index in [1.807, 2.05) is 6.92 Å². The lowest BCUT2D eigenvalue weighted by Crippen LogP contribution is -2.07. The van der Waals surface area contributed by atoms with Gasteiger partial charge in [0, 0.05) is 13.0 Å². The third-order valence-corrected chi connectivity index (χ3v) is 2.05. The molecule has 2 nitrogen and oxygen atoms in total. The predicted molar refractivity (Wildman–Crippen MR) is 56.4 cm³/mol. The van der Waals surface area contributed by atoms with Crippen molar-refractivity contribution < 1.29 is 18.3 Å². The number of benzene rings is 1. The molecule has 0 unspecified atom stereocenters. The first-order chi connectivity index (χ1) is 7.65. The summed E-state index contributed by atoms with van der Waals surface area (Å²) in [6.07, 6.45) is 0.933. The van der Waals surface area contributed by atoms with Crippen LogP contribution in [0.4, 0.5) is 8.78 Å². The standard InChI is InChI=1S/C12H14F2O2/c1-2-6-16-7-5-12(15)10-8-9(13)3-4-11(10)14/h3-4,8H,2,5-7H2,1H3. The number of carbonyl (C=O) groups is 1. The van der Waals surface area contributed by atoms with Crippen LogP contribution >= 0.6 is 0 Å². The van der Waals surface area contributed by atoms with Crippen molar-refractivity contribution in [2.24, 2.45) is 0 Å². The van der Waals surface area contributed by atoms with Gasteiger partial charge >= 0.3 is 0 Å². The fourth-order valence-electron chi connectivity index (χ4n) is 1.26. The highest BCUT2D eigenvalue weighted by atomic mass is 19.1. The zero-order valence-corrected chi connectivity index (χ0v) is 9.13. The molecule has 0 fully saturated rings. The summed E-state index contributed by atoms with van der Waals surface area (Å²) in [6.45, 7) is 2.76. The Labute approximate surface area is 93.2 Å². The van der Waals surface area contributed by atoms with Crippen molar-refractivity contribution in [2.75, 3.05) is 13.2 Å². The summed E-state index contributed by atoms with van der Waals surface area (Å²) < 4.78 is 31.1. The van der Waals surface area contributed by atoms with E-state index >= 15 is 0 Å². The molecule has 0 saturated carbocycles. The Balaban J connectivity index is 2.55. The Morgan fingerprint density at radius 2 is 2.06 bits per heavy atom. The molecule has 4 heteroatoms. The molecular formula is C12H14F2O2. The minimum Gasteiger partial charge on any atom is -0.381 e. The van der Waals surface area contributed by atoms with Crippen molar-refractivity contribution in [1.29, 1.82) is 0 Å². The monoisotopic (exact) mass is 228 g/mol. The molecule has 88 valence electrons. The molecule has 0 aliphatic carbocycles. The Morgan fingerprint density at radius 1 is 1.31 bits per heavy atom. The zero-order chi connectivity index (χ0) is 12.0. The van der Waals surface area contributed by atoms with Gasteiger partial charge in [-0.2, -0.15) is 0 Å². The van der Waals surface area contributed by atoms with Crippen molar-refractivity contribution in [1.82, 2.24) is 0 Å². The van der Waals surface area contributed by atoms with Gasteiger partial charge in [0.25, 0.3) is 0 Å². The molecule has 1 aromatic rings. The summed E-state index contributed by atoms with van der Waals surface area (Å²) >= 11 is 0. The largest absolute Gasteiger partial charge is 0.381 e. The van der Waals surface area contributed by atoms with E-state index in [2.05, 4.69) is 0 Å². The number of hydrogen-bond donors (Lipinski definition) is 0. The molecule has 16 heavy (non-hydrogen) atoms. The maximum absolute atomic E-state index is 13.2. The molecule has 0 radical (unpaired) electrons. The van der Waals surface area contributed by atoms with E-state index in [9.17, 15) is 13.6 Å². The smallest absolute Gasteiger partial charge is 0.168 e. The molecule has 0 aliphatic heterocycles. The maximum atomic E-state index is 13.2. The van der Waals surface area contributed by atoms with Gasteiger partial charge in [0.1, 0.15) is 11.6 Å². The number of Topliss-reactive ketones (excluding diaryl/α,β-unsaturated/α-hetero) is 1. The number of hydrogen-bond acceptors (Lipinski definition) is 2. The van der Waals surface area contributed by atoms with Gasteiger partial charge < -0.3 is 4.74 Å². The van der Waals surface area contributed by atoms with Crippen molar-refractivity contribution in [2.45, 2.75) is 19.8 Å². The minimum atomic E-state index is -0.693. The SMILES string of the molecule is CCCOCCC(=O)c1cc(F)ccc1F. The molecule has 0 heterocycles. The van der Waals surface area contributed by atoms with Crippen LogP contribution in [0.5, 0.6) is 0 Å². The van der Waals surface area contributed by atoms with E-state index in [0.717, 1.165) is 24.6 Å². The summed E-state index contributed by atoms with van der Waals surface area (Å²) in [4.78, 5) is 11.5. The lowest BCUT2D eigenvalue weighted by atomic mass is 10.1. The summed E-state index contributed by atoms with van der Waals surface area (Å²) in [5.41, 5.74) is -0.208. The lowest BCUT2D eigenvalue weighted by molar-refractivity contribution is 0.0875. The van der Waals surface area contributed by atoms with Crippen LogP contribution in [-0.2, 0) is 4.74 Å². The molecule has 0 saturated heterocycles. The minimum absolute atomic E-state index is 0.0698. The molecule has 0 aliphatic rings. The second kappa shape index (κ2) is 6.33. The summed E-state index contributed by atoms with van der Waals surface area (Å²) in [5, 5.41) is 0. The quantitative estimate of drug-likeness (QED) is 0.552. The second-order valence-corrected chi connectivity index (χ2v) is 3.41. The van der Waals surface area contributed by atoms with Gasteiger partial charge in [-0.15, -0.1) is 0 Å². The molecule has 0 bridgehead atoms. The van der Waals surface area contributed by atoms with E-state index in [1.165, 1.54) is 0 Å². The van der Waals surface area contributed by atoms with Crippen LogP contribution in [0.3, 0.4) is 0 Å². The first-order valence-corrected chi connectivity index (χ1v) is 5.21. The number of ketones is 1. The highest BCUT2D eigenvalue weighted by Gasteiger charge is 2.12. The van der Waals surface area contributed by atoms with Gasteiger partial charge in [-0.1, -0.05) is 6.92 Å². The van der Waals surface area contributed by atoms with Crippen molar-refractivity contribution in [3.8, 4) is 0 Å². The van der Waals surface area contributed by atoms with E-state index in [0.29, 0.717) is 6.61 Å². The van der Waals surface area contributed by atoms with Crippen molar-refractivity contribution in [3.63, 3.8) is 0 Å². The van der Waals surface area contributed by atoms with Gasteiger partial charge in [-0.25, -0.2) is 8.78 Å². The third kappa shape index (κ3) is 3.70. The third-order valence-electron chi connectivity index (χ3n) is 2.05. The molecule has 0 spiro atoms.